The number of phenolic OH excluding ortho intramolecular Hbond substituents is 1. The van der Waals surface area contributed by atoms with Crippen LogP contribution in [0.3, 0.4) is 0 Å². The van der Waals surface area contributed by atoms with Gasteiger partial charge in [0.25, 0.3) is 5.91 Å². The zero-order valence-electron chi connectivity index (χ0n) is 17.2. The van der Waals surface area contributed by atoms with Crippen LogP contribution in [0.4, 0.5) is 0 Å². The van der Waals surface area contributed by atoms with Crippen molar-refractivity contribution in [3.8, 4) is 16.9 Å². The van der Waals surface area contributed by atoms with Crippen molar-refractivity contribution < 1.29 is 9.90 Å². The van der Waals surface area contributed by atoms with Crippen molar-refractivity contribution in [1.29, 1.82) is 0 Å². The molecule has 1 atom stereocenters. The highest BCUT2D eigenvalue weighted by Gasteiger charge is 2.28. The van der Waals surface area contributed by atoms with E-state index in [1.54, 1.807) is 18.2 Å². The van der Waals surface area contributed by atoms with Gasteiger partial charge in [0.1, 0.15) is 11.9 Å². The topological polar surface area (TPSA) is 55.8 Å². The van der Waals surface area contributed by atoms with E-state index in [0.717, 1.165) is 37.3 Å². The molecule has 1 aliphatic heterocycles. The number of aromatic hydroxyl groups is 1. The third-order valence-corrected chi connectivity index (χ3v) is 5.64. The zero-order chi connectivity index (χ0) is 20.9. The minimum Gasteiger partial charge on any atom is -0.508 e. The average molecular weight is 402 g/mol. The Morgan fingerprint density at radius 2 is 1.50 bits per heavy atom. The smallest absolute Gasteiger partial charge is 0.252 e. The molecule has 3 aromatic carbocycles. The summed E-state index contributed by atoms with van der Waals surface area (Å²) in [5.74, 6) is 0.0380. The van der Waals surface area contributed by atoms with Gasteiger partial charge >= 0.3 is 0 Å². The number of amides is 1. The van der Waals surface area contributed by atoms with Crippen molar-refractivity contribution in [1.82, 2.24) is 15.1 Å². The second-order valence-electron chi connectivity index (χ2n) is 7.72. The van der Waals surface area contributed by atoms with Crippen molar-refractivity contribution in [3.05, 3.63) is 90.0 Å². The maximum atomic E-state index is 13.0. The summed E-state index contributed by atoms with van der Waals surface area (Å²) in [6.45, 7) is 3.45. The fourth-order valence-electron chi connectivity index (χ4n) is 3.83. The highest BCUT2D eigenvalue weighted by molar-refractivity contribution is 5.94. The predicted octanol–water partition coefficient (Wildman–Crippen LogP) is 3.74. The van der Waals surface area contributed by atoms with Crippen LogP contribution in [0.5, 0.6) is 5.75 Å². The Labute approximate surface area is 177 Å². The molecule has 5 nitrogen and oxygen atoms in total. The SMILES string of the molecule is CN1CCN(C(NC(=O)c2ccccc2)c2cc(-c3ccccc3)ccc2O)CC1. The van der Waals surface area contributed by atoms with Crippen LogP contribution in [0.1, 0.15) is 22.1 Å². The Morgan fingerprint density at radius 1 is 0.867 bits per heavy atom. The van der Waals surface area contributed by atoms with Crippen LogP contribution in [-0.2, 0) is 0 Å². The Balaban J connectivity index is 1.69. The first-order valence-electron chi connectivity index (χ1n) is 10.3. The largest absolute Gasteiger partial charge is 0.508 e. The summed E-state index contributed by atoms with van der Waals surface area (Å²) in [4.78, 5) is 17.5. The van der Waals surface area contributed by atoms with E-state index in [4.69, 9.17) is 0 Å². The van der Waals surface area contributed by atoms with Crippen LogP contribution in [-0.4, -0.2) is 54.0 Å². The number of benzene rings is 3. The summed E-state index contributed by atoms with van der Waals surface area (Å²) in [7, 11) is 2.10. The summed E-state index contributed by atoms with van der Waals surface area (Å²) in [6.07, 6.45) is -0.407. The van der Waals surface area contributed by atoms with Crippen molar-refractivity contribution in [2.75, 3.05) is 33.2 Å². The van der Waals surface area contributed by atoms with Gasteiger partial charge in [-0.15, -0.1) is 0 Å². The van der Waals surface area contributed by atoms with Crippen LogP contribution in [0.25, 0.3) is 11.1 Å². The van der Waals surface area contributed by atoms with E-state index >= 15 is 0 Å². The Hall–Kier alpha value is -3.15. The summed E-state index contributed by atoms with van der Waals surface area (Å²) in [5, 5.41) is 13.9. The van der Waals surface area contributed by atoms with Gasteiger partial charge in [0.05, 0.1) is 0 Å². The van der Waals surface area contributed by atoms with E-state index in [0.29, 0.717) is 11.1 Å². The zero-order valence-corrected chi connectivity index (χ0v) is 17.2. The lowest BCUT2D eigenvalue weighted by Gasteiger charge is -2.38. The van der Waals surface area contributed by atoms with Gasteiger partial charge in [-0.1, -0.05) is 54.6 Å². The molecule has 1 saturated heterocycles. The fourth-order valence-corrected chi connectivity index (χ4v) is 3.83. The maximum Gasteiger partial charge on any atom is 0.252 e. The third kappa shape index (κ3) is 4.53. The van der Waals surface area contributed by atoms with E-state index < -0.39 is 6.17 Å². The van der Waals surface area contributed by atoms with E-state index in [1.807, 2.05) is 60.7 Å². The second-order valence-corrected chi connectivity index (χ2v) is 7.72. The molecule has 0 aromatic heterocycles. The summed E-state index contributed by atoms with van der Waals surface area (Å²) < 4.78 is 0. The molecule has 0 spiro atoms. The van der Waals surface area contributed by atoms with Gasteiger partial charge < -0.3 is 15.3 Å². The van der Waals surface area contributed by atoms with Gasteiger partial charge in [0.2, 0.25) is 0 Å². The number of hydrogen-bond acceptors (Lipinski definition) is 4. The van der Waals surface area contributed by atoms with Gasteiger partial charge in [-0.25, -0.2) is 0 Å². The lowest BCUT2D eigenvalue weighted by molar-refractivity contribution is 0.0714. The first kappa shape index (κ1) is 20.1. The second kappa shape index (κ2) is 9.11. The molecule has 1 unspecified atom stereocenters. The number of rotatable bonds is 5. The number of carbonyl (C=O) groups is 1. The molecule has 154 valence electrons. The lowest BCUT2D eigenvalue weighted by Crippen LogP contribution is -2.50. The van der Waals surface area contributed by atoms with E-state index in [9.17, 15) is 9.90 Å². The van der Waals surface area contributed by atoms with Gasteiger partial charge in [0, 0.05) is 37.3 Å². The van der Waals surface area contributed by atoms with Crippen molar-refractivity contribution in [3.63, 3.8) is 0 Å². The third-order valence-electron chi connectivity index (χ3n) is 5.64. The van der Waals surface area contributed by atoms with Gasteiger partial charge in [0.15, 0.2) is 0 Å². The first-order chi connectivity index (χ1) is 14.6. The van der Waals surface area contributed by atoms with E-state index in [1.165, 1.54) is 0 Å². The van der Waals surface area contributed by atoms with E-state index in [2.05, 4.69) is 22.2 Å². The molecule has 1 fully saturated rings. The van der Waals surface area contributed by atoms with Gasteiger partial charge in [-0.2, -0.15) is 0 Å². The molecule has 2 N–H and O–H groups in total. The monoisotopic (exact) mass is 401 g/mol. The minimum absolute atomic E-state index is 0.149. The quantitative estimate of drug-likeness (QED) is 0.684. The summed E-state index contributed by atoms with van der Waals surface area (Å²) >= 11 is 0. The van der Waals surface area contributed by atoms with Crippen molar-refractivity contribution >= 4 is 5.91 Å². The number of phenols is 1. The predicted molar refractivity (Wildman–Crippen MR) is 119 cm³/mol. The molecule has 1 aliphatic rings. The summed E-state index contributed by atoms with van der Waals surface area (Å²) in [5.41, 5.74) is 3.40. The molecule has 1 heterocycles. The number of nitrogens with one attached hydrogen (secondary N) is 1. The maximum absolute atomic E-state index is 13.0. The molecule has 3 aromatic rings. The molecule has 5 heteroatoms. The Morgan fingerprint density at radius 3 is 2.17 bits per heavy atom. The molecule has 0 saturated carbocycles. The number of likely N-dealkylation sites (N-methyl/N-ethyl adjacent to an activating group) is 1. The van der Waals surface area contributed by atoms with Crippen molar-refractivity contribution in [2.45, 2.75) is 6.17 Å². The van der Waals surface area contributed by atoms with Gasteiger partial charge in [-0.05, 0) is 42.4 Å². The Bertz CT molecular complexity index is 984. The van der Waals surface area contributed by atoms with Gasteiger partial charge in [-0.3, -0.25) is 9.69 Å². The molecule has 0 bridgehead atoms. The molecular formula is C25H27N3O2. The molecule has 0 radical (unpaired) electrons. The molecule has 1 amide bonds. The average Bonchev–Trinajstić information content (AvgIpc) is 2.80. The first-order valence-corrected chi connectivity index (χ1v) is 10.3. The number of carbonyl (C=O) groups excluding carboxylic acids is 1. The number of hydrogen-bond donors (Lipinski definition) is 2. The lowest BCUT2D eigenvalue weighted by atomic mass is 10.00. The molecule has 0 aliphatic carbocycles. The van der Waals surface area contributed by atoms with Crippen LogP contribution in [0.2, 0.25) is 0 Å². The normalized spacial score (nSPS) is 16.2. The number of nitrogens with zero attached hydrogens (tertiary/aromatic N) is 2. The van der Waals surface area contributed by atoms with Crippen LogP contribution in [0.15, 0.2) is 78.9 Å². The highest BCUT2D eigenvalue weighted by atomic mass is 16.3. The van der Waals surface area contributed by atoms with Crippen LogP contribution < -0.4 is 5.32 Å². The minimum atomic E-state index is -0.407. The van der Waals surface area contributed by atoms with Crippen LogP contribution in [0, 0.1) is 0 Å². The van der Waals surface area contributed by atoms with Crippen molar-refractivity contribution in [2.24, 2.45) is 0 Å². The highest BCUT2D eigenvalue weighted by Crippen LogP contribution is 2.32. The molecule has 4 rings (SSSR count). The molecule has 30 heavy (non-hydrogen) atoms. The van der Waals surface area contributed by atoms with Crippen LogP contribution >= 0.6 is 0 Å². The molecular weight excluding hydrogens is 374 g/mol. The number of piperazine rings is 1. The standard InChI is InChI=1S/C25H27N3O2/c1-27-14-16-28(17-15-27)24(26-25(30)20-10-6-3-7-11-20)22-18-21(12-13-23(22)29)19-8-4-2-5-9-19/h2-13,18,24,29H,14-17H2,1H3,(H,26,30). The fraction of sp³-hybridized carbons (Fsp3) is 0.240. The Kier molecular flexibility index (Phi) is 6.12. The summed E-state index contributed by atoms with van der Waals surface area (Å²) in [6, 6.07) is 24.9. The van der Waals surface area contributed by atoms with E-state index in [-0.39, 0.29) is 11.7 Å².